The second-order valence-corrected chi connectivity index (χ2v) is 5.57. The van der Waals surface area contributed by atoms with Crippen LogP contribution in [0, 0.1) is 0 Å². The first-order valence-electron chi connectivity index (χ1n) is 6.77. The van der Waals surface area contributed by atoms with E-state index in [1.54, 1.807) is 24.0 Å². The minimum atomic E-state index is -1.04. The maximum Gasteiger partial charge on any atom is 0.323 e. The van der Waals surface area contributed by atoms with Gasteiger partial charge in [0.25, 0.3) is 5.91 Å². The molecule has 2 aromatic rings. The molecule has 0 saturated carbocycles. The molecule has 2 rings (SSSR count). The maximum atomic E-state index is 12.5. The minimum Gasteiger partial charge on any atom is -0.480 e. The number of aliphatic carboxylic acids is 1. The Morgan fingerprint density at radius 2 is 2.18 bits per heavy atom. The Morgan fingerprint density at radius 3 is 2.77 bits per heavy atom. The Labute approximate surface area is 131 Å². The topological polar surface area (TPSA) is 96.3 Å². The van der Waals surface area contributed by atoms with Crippen molar-refractivity contribution in [3.8, 4) is 10.7 Å². The third-order valence-electron chi connectivity index (χ3n) is 3.19. The summed E-state index contributed by atoms with van der Waals surface area (Å²) < 4.78 is 0. The SMILES string of the molecule is CCC(C)N(CC(=O)O)C(=O)c1csc(-c2cnccn2)n1. The summed E-state index contributed by atoms with van der Waals surface area (Å²) in [4.78, 5) is 37.1. The summed E-state index contributed by atoms with van der Waals surface area (Å²) in [5, 5.41) is 11.2. The summed E-state index contributed by atoms with van der Waals surface area (Å²) in [5.41, 5.74) is 0.812. The van der Waals surface area contributed by atoms with Gasteiger partial charge in [0.15, 0.2) is 0 Å². The van der Waals surface area contributed by atoms with E-state index in [4.69, 9.17) is 5.11 Å². The lowest BCUT2D eigenvalue weighted by molar-refractivity contribution is -0.138. The fourth-order valence-corrected chi connectivity index (χ4v) is 2.59. The number of carbonyl (C=O) groups is 2. The van der Waals surface area contributed by atoms with Gasteiger partial charge in [0.1, 0.15) is 22.9 Å². The molecule has 0 aliphatic carbocycles. The van der Waals surface area contributed by atoms with Crippen LogP contribution in [0.3, 0.4) is 0 Å². The lowest BCUT2D eigenvalue weighted by Crippen LogP contribution is -2.42. The van der Waals surface area contributed by atoms with Crippen molar-refractivity contribution >= 4 is 23.2 Å². The largest absolute Gasteiger partial charge is 0.480 e. The van der Waals surface area contributed by atoms with E-state index in [0.29, 0.717) is 17.1 Å². The smallest absolute Gasteiger partial charge is 0.323 e. The maximum absolute atomic E-state index is 12.5. The molecule has 0 fully saturated rings. The molecule has 2 heterocycles. The molecule has 8 heteroatoms. The average molecular weight is 320 g/mol. The van der Waals surface area contributed by atoms with Gasteiger partial charge in [-0.25, -0.2) is 4.98 Å². The Morgan fingerprint density at radius 1 is 1.41 bits per heavy atom. The number of aromatic nitrogens is 3. The van der Waals surface area contributed by atoms with E-state index in [1.807, 2.05) is 13.8 Å². The second kappa shape index (κ2) is 7.08. The molecule has 7 nitrogen and oxygen atoms in total. The number of carboxylic acids is 1. The van der Waals surface area contributed by atoms with Crippen molar-refractivity contribution in [2.24, 2.45) is 0 Å². The van der Waals surface area contributed by atoms with Crippen LogP contribution in [0.4, 0.5) is 0 Å². The van der Waals surface area contributed by atoms with Crippen LogP contribution in [0.25, 0.3) is 10.7 Å². The van der Waals surface area contributed by atoms with Crippen LogP contribution in [0.2, 0.25) is 0 Å². The van der Waals surface area contributed by atoms with Crippen LogP contribution in [0.5, 0.6) is 0 Å². The highest BCUT2D eigenvalue weighted by molar-refractivity contribution is 7.13. The van der Waals surface area contributed by atoms with Crippen LogP contribution in [-0.4, -0.2) is 49.4 Å². The number of hydrogen-bond acceptors (Lipinski definition) is 6. The molecule has 0 radical (unpaired) electrons. The van der Waals surface area contributed by atoms with Crippen molar-refractivity contribution in [1.82, 2.24) is 19.9 Å². The quantitative estimate of drug-likeness (QED) is 0.873. The highest BCUT2D eigenvalue weighted by Gasteiger charge is 2.25. The molecule has 1 N–H and O–H groups in total. The molecule has 2 aromatic heterocycles. The lowest BCUT2D eigenvalue weighted by Gasteiger charge is -2.26. The average Bonchev–Trinajstić information content (AvgIpc) is 3.02. The van der Waals surface area contributed by atoms with E-state index < -0.39 is 5.97 Å². The molecule has 0 bridgehead atoms. The highest BCUT2D eigenvalue weighted by Crippen LogP contribution is 2.22. The Hall–Kier alpha value is -2.35. The predicted octanol–water partition coefficient (Wildman–Crippen LogP) is 1.93. The van der Waals surface area contributed by atoms with Gasteiger partial charge in [-0.3, -0.25) is 19.6 Å². The van der Waals surface area contributed by atoms with Gasteiger partial charge in [-0.1, -0.05) is 6.92 Å². The summed E-state index contributed by atoms with van der Waals surface area (Å²) in [6.07, 6.45) is 5.34. The van der Waals surface area contributed by atoms with Gasteiger partial charge in [-0.15, -0.1) is 11.3 Å². The predicted molar refractivity (Wildman–Crippen MR) is 81.6 cm³/mol. The number of hydrogen-bond donors (Lipinski definition) is 1. The van der Waals surface area contributed by atoms with Gasteiger partial charge in [0.05, 0.1) is 6.20 Å². The van der Waals surface area contributed by atoms with Crippen molar-refractivity contribution in [1.29, 1.82) is 0 Å². The number of thiazole rings is 1. The Bertz CT molecular complexity index is 659. The summed E-state index contributed by atoms with van der Waals surface area (Å²) in [5.74, 6) is -1.43. The zero-order valence-corrected chi connectivity index (χ0v) is 13.1. The second-order valence-electron chi connectivity index (χ2n) is 4.71. The molecule has 1 amide bonds. The van der Waals surface area contributed by atoms with Gasteiger partial charge < -0.3 is 10.0 Å². The summed E-state index contributed by atoms with van der Waals surface area (Å²) in [6, 6.07) is -0.176. The molecule has 116 valence electrons. The molecule has 0 aromatic carbocycles. The van der Waals surface area contributed by atoms with Crippen LogP contribution in [-0.2, 0) is 4.79 Å². The van der Waals surface area contributed by atoms with Crippen LogP contribution in [0.15, 0.2) is 24.0 Å². The third kappa shape index (κ3) is 3.64. The van der Waals surface area contributed by atoms with E-state index in [1.165, 1.54) is 16.2 Å². The van der Waals surface area contributed by atoms with E-state index in [-0.39, 0.29) is 24.2 Å². The van der Waals surface area contributed by atoms with Crippen molar-refractivity contribution < 1.29 is 14.7 Å². The summed E-state index contributed by atoms with van der Waals surface area (Å²) in [6.45, 7) is 3.38. The van der Waals surface area contributed by atoms with Gasteiger partial charge in [-0.05, 0) is 13.3 Å². The zero-order valence-electron chi connectivity index (χ0n) is 12.3. The molecule has 0 saturated heterocycles. The zero-order chi connectivity index (χ0) is 16.1. The molecule has 1 unspecified atom stereocenters. The fourth-order valence-electron chi connectivity index (χ4n) is 1.84. The molecule has 0 aliphatic heterocycles. The minimum absolute atomic E-state index is 0.176. The number of carboxylic acid groups (broad SMARTS) is 1. The molecular formula is C14H16N4O3S. The number of rotatable bonds is 6. The molecular weight excluding hydrogens is 304 g/mol. The van der Waals surface area contributed by atoms with Gasteiger partial charge in [0.2, 0.25) is 0 Å². The van der Waals surface area contributed by atoms with E-state index in [9.17, 15) is 9.59 Å². The molecule has 0 spiro atoms. The summed E-state index contributed by atoms with van der Waals surface area (Å²) >= 11 is 1.28. The van der Waals surface area contributed by atoms with Crippen molar-refractivity contribution in [2.75, 3.05) is 6.54 Å². The fraction of sp³-hybridized carbons (Fsp3) is 0.357. The Balaban J connectivity index is 2.24. The molecule has 1 atom stereocenters. The van der Waals surface area contributed by atoms with E-state index in [0.717, 1.165) is 0 Å². The van der Waals surface area contributed by atoms with Crippen LogP contribution >= 0.6 is 11.3 Å². The lowest BCUT2D eigenvalue weighted by atomic mass is 10.2. The summed E-state index contributed by atoms with van der Waals surface area (Å²) in [7, 11) is 0. The van der Waals surface area contributed by atoms with Gasteiger partial charge in [0, 0.05) is 23.8 Å². The number of nitrogens with zero attached hydrogens (tertiary/aromatic N) is 4. The van der Waals surface area contributed by atoms with Crippen LogP contribution < -0.4 is 0 Å². The van der Waals surface area contributed by atoms with Crippen molar-refractivity contribution in [2.45, 2.75) is 26.3 Å². The van der Waals surface area contributed by atoms with Crippen molar-refractivity contribution in [3.63, 3.8) is 0 Å². The van der Waals surface area contributed by atoms with E-state index >= 15 is 0 Å². The van der Waals surface area contributed by atoms with Crippen LogP contribution in [0.1, 0.15) is 30.8 Å². The molecule has 22 heavy (non-hydrogen) atoms. The standard InChI is InChI=1S/C14H16N4O3S/c1-3-9(2)18(7-12(19)20)14(21)11-8-22-13(17-11)10-6-15-4-5-16-10/h4-6,8-9H,3,7H2,1-2H3,(H,19,20). The highest BCUT2D eigenvalue weighted by atomic mass is 32.1. The number of carbonyl (C=O) groups excluding carboxylic acids is 1. The van der Waals surface area contributed by atoms with E-state index in [2.05, 4.69) is 15.0 Å². The normalized spacial score (nSPS) is 11.9. The molecule has 0 aliphatic rings. The monoisotopic (exact) mass is 320 g/mol. The third-order valence-corrected chi connectivity index (χ3v) is 4.06. The first kappa shape index (κ1) is 16.0. The van der Waals surface area contributed by atoms with Gasteiger partial charge >= 0.3 is 5.97 Å². The Kier molecular flexibility index (Phi) is 5.16. The first-order valence-corrected chi connectivity index (χ1v) is 7.65. The van der Waals surface area contributed by atoms with Crippen molar-refractivity contribution in [3.05, 3.63) is 29.7 Å². The number of amides is 1. The first-order chi connectivity index (χ1) is 10.5. The van der Waals surface area contributed by atoms with Gasteiger partial charge in [-0.2, -0.15) is 0 Å².